The lowest BCUT2D eigenvalue weighted by molar-refractivity contribution is 0.300. The van der Waals surface area contributed by atoms with Crippen LogP contribution >= 0.6 is 0 Å². The number of hydrogen-bond donors (Lipinski definition) is 2. The van der Waals surface area contributed by atoms with Crippen molar-refractivity contribution in [3.63, 3.8) is 0 Å². The molecule has 0 saturated carbocycles. The summed E-state index contributed by atoms with van der Waals surface area (Å²) >= 11 is 0. The molecule has 2 aliphatic rings. The van der Waals surface area contributed by atoms with Crippen molar-refractivity contribution < 1.29 is 9.53 Å². The zero-order valence-corrected chi connectivity index (χ0v) is 16.8. The van der Waals surface area contributed by atoms with E-state index in [-0.39, 0.29) is 12.1 Å². The SMILES string of the molecule is CO[Si]1(C)c2c3c(c(CCO)c(NC(C)(C)C)c21)-c1ccccc1C3. The second kappa shape index (κ2) is 5.43. The second-order valence-corrected chi connectivity index (χ2v) is 11.9. The average molecular weight is 354 g/mol. The van der Waals surface area contributed by atoms with Gasteiger partial charge in [-0.05, 0) is 78.4 Å². The van der Waals surface area contributed by atoms with Gasteiger partial charge in [0.05, 0.1) is 0 Å². The van der Waals surface area contributed by atoms with Crippen molar-refractivity contribution in [1.82, 2.24) is 0 Å². The molecule has 132 valence electrons. The molecule has 0 bridgehead atoms. The Bertz CT molecular complexity index is 869. The van der Waals surface area contributed by atoms with Gasteiger partial charge in [0.15, 0.2) is 0 Å². The first-order chi connectivity index (χ1) is 11.8. The van der Waals surface area contributed by atoms with E-state index < -0.39 is 8.32 Å². The number of rotatable bonds is 4. The smallest absolute Gasteiger partial charge is 0.254 e. The number of hydrogen-bond acceptors (Lipinski definition) is 3. The van der Waals surface area contributed by atoms with E-state index in [1.807, 2.05) is 7.11 Å². The summed E-state index contributed by atoms with van der Waals surface area (Å²) in [5.41, 5.74) is 7.99. The van der Waals surface area contributed by atoms with E-state index in [1.54, 1.807) is 0 Å². The average Bonchev–Trinajstić information content (AvgIpc) is 3.00. The number of aliphatic hydroxyl groups is 1. The van der Waals surface area contributed by atoms with Crippen LogP contribution in [0, 0.1) is 0 Å². The third kappa shape index (κ3) is 2.39. The second-order valence-electron chi connectivity index (χ2n) is 8.38. The molecule has 1 atom stereocenters. The highest BCUT2D eigenvalue weighted by Crippen LogP contribution is 2.45. The predicted molar refractivity (Wildman–Crippen MR) is 107 cm³/mol. The summed E-state index contributed by atoms with van der Waals surface area (Å²) in [5.74, 6) is 0. The normalized spacial score (nSPS) is 20.1. The highest BCUT2D eigenvalue weighted by molar-refractivity contribution is 7.14. The molecule has 0 saturated heterocycles. The van der Waals surface area contributed by atoms with Crippen molar-refractivity contribution >= 4 is 24.4 Å². The van der Waals surface area contributed by atoms with E-state index in [0.29, 0.717) is 6.42 Å². The molecule has 2 aromatic rings. The third-order valence-electron chi connectivity index (χ3n) is 5.52. The lowest BCUT2D eigenvalue weighted by atomic mass is 9.94. The summed E-state index contributed by atoms with van der Waals surface area (Å²) in [6.07, 6.45) is 1.67. The van der Waals surface area contributed by atoms with Gasteiger partial charge in [0.25, 0.3) is 8.32 Å². The monoisotopic (exact) mass is 353 g/mol. The number of fused-ring (bicyclic) bond motifs is 5. The van der Waals surface area contributed by atoms with E-state index in [9.17, 15) is 5.11 Å². The van der Waals surface area contributed by atoms with Crippen LogP contribution in [0.3, 0.4) is 0 Å². The van der Waals surface area contributed by atoms with Crippen molar-refractivity contribution in [1.29, 1.82) is 0 Å². The molecule has 2 N–H and O–H groups in total. The third-order valence-corrected chi connectivity index (χ3v) is 9.05. The first-order valence-corrected chi connectivity index (χ1v) is 11.5. The minimum atomic E-state index is -1.96. The summed E-state index contributed by atoms with van der Waals surface area (Å²) in [5, 5.41) is 16.4. The minimum absolute atomic E-state index is 0.0318. The molecule has 1 unspecified atom stereocenters. The van der Waals surface area contributed by atoms with Crippen molar-refractivity contribution in [2.24, 2.45) is 0 Å². The Balaban J connectivity index is 2.02. The van der Waals surface area contributed by atoms with Crippen LogP contribution in [0.2, 0.25) is 6.55 Å². The number of benzene rings is 2. The van der Waals surface area contributed by atoms with Crippen LogP contribution < -0.4 is 15.7 Å². The zero-order chi connectivity index (χ0) is 18.0. The van der Waals surface area contributed by atoms with Crippen LogP contribution in [0.1, 0.15) is 37.5 Å². The molecule has 1 heterocycles. The molecule has 4 heteroatoms. The first kappa shape index (κ1) is 16.8. The molecule has 3 nitrogen and oxygen atoms in total. The molecule has 25 heavy (non-hydrogen) atoms. The molecule has 2 aromatic carbocycles. The molecule has 1 aliphatic heterocycles. The molecule has 4 rings (SSSR count). The predicted octanol–water partition coefficient (Wildman–Crippen LogP) is 2.65. The molecule has 0 fully saturated rings. The molecule has 1 aliphatic carbocycles. The fraction of sp³-hybridized carbons (Fsp3) is 0.429. The first-order valence-electron chi connectivity index (χ1n) is 9.07. The van der Waals surface area contributed by atoms with E-state index >= 15 is 0 Å². The van der Waals surface area contributed by atoms with Gasteiger partial charge in [0, 0.05) is 24.9 Å². The van der Waals surface area contributed by atoms with Crippen LogP contribution in [0.25, 0.3) is 11.1 Å². The van der Waals surface area contributed by atoms with E-state index in [2.05, 4.69) is 56.9 Å². The van der Waals surface area contributed by atoms with E-state index in [4.69, 9.17) is 4.43 Å². The minimum Gasteiger partial charge on any atom is -0.411 e. The summed E-state index contributed by atoms with van der Waals surface area (Å²) in [4.78, 5) is 0. The quantitative estimate of drug-likeness (QED) is 0.709. The van der Waals surface area contributed by atoms with Gasteiger partial charge in [-0.25, -0.2) is 0 Å². The summed E-state index contributed by atoms with van der Waals surface area (Å²) < 4.78 is 6.07. The highest BCUT2D eigenvalue weighted by Gasteiger charge is 2.57. The Morgan fingerprint density at radius 3 is 2.56 bits per heavy atom. The Morgan fingerprint density at radius 1 is 1.20 bits per heavy atom. The van der Waals surface area contributed by atoms with Crippen LogP contribution in [-0.4, -0.2) is 32.7 Å². The molecular formula is C21H27NO2Si. The van der Waals surface area contributed by atoms with Gasteiger partial charge in [0.2, 0.25) is 0 Å². The topological polar surface area (TPSA) is 41.5 Å². The van der Waals surface area contributed by atoms with Gasteiger partial charge >= 0.3 is 0 Å². The number of anilines is 1. The Kier molecular flexibility index (Phi) is 3.66. The van der Waals surface area contributed by atoms with Crippen LogP contribution in [0.4, 0.5) is 5.69 Å². The Hall–Kier alpha value is -1.62. The van der Waals surface area contributed by atoms with Crippen molar-refractivity contribution in [3.05, 3.63) is 41.0 Å². The van der Waals surface area contributed by atoms with Gasteiger partial charge in [-0.1, -0.05) is 24.3 Å². The van der Waals surface area contributed by atoms with Gasteiger partial charge in [-0.2, -0.15) is 0 Å². The number of nitrogens with one attached hydrogen (secondary N) is 1. The molecule has 0 aromatic heterocycles. The van der Waals surface area contributed by atoms with Gasteiger partial charge < -0.3 is 14.8 Å². The van der Waals surface area contributed by atoms with Gasteiger partial charge in [-0.3, -0.25) is 0 Å². The van der Waals surface area contributed by atoms with Crippen molar-refractivity contribution in [2.45, 2.75) is 45.7 Å². The molecule has 0 spiro atoms. The van der Waals surface area contributed by atoms with Crippen LogP contribution in [0.15, 0.2) is 24.3 Å². The fourth-order valence-corrected chi connectivity index (χ4v) is 7.84. The maximum absolute atomic E-state index is 9.77. The lowest BCUT2D eigenvalue weighted by Gasteiger charge is -2.26. The maximum Gasteiger partial charge on any atom is 0.254 e. The Morgan fingerprint density at radius 2 is 1.92 bits per heavy atom. The lowest BCUT2D eigenvalue weighted by Crippen LogP contribution is -2.32. The van der Waals surface area contributed by atoms with E-state index in [0.717, 1.165) is 6.42 Å². The molecular weight excluding hydrogens is 326 g/mol. The number of aliphatic hydroxyl groups excluding tert-OH is 1. The molecule has 0 radical (unpaired) electrons. The zero-order valence-electron chi connectivity index (χ0n) is 15.8. The van der Waals surface area contributed by atoms with Gasteiger partial charge in [-0.15, -0.1) is 0 Å². The summed E-state index contributed by atoms with van der Waals surface area (Å²) in [6.45, 7) is 9.04. The van der Waals surface area contributed by atoms with Crippen molar-refractivity contribution in [3.8, 4) is 11.1 Å². The highest BCUT2D eigenvalue weighted by atomic mass is 28.4. The van der Waals surface area contributed by atoms with E-state index in [1.165, 1.54) is 43.9 Å². The van der Waals surface area contributed by atoms with Crippen LogP contribution in [0.5, 0.6) is 0 Å². The summed E-state index contributed by atoms with van der Waals surface area (Å²) in [7, 11) is -0.108. The van der Waals surface area contributed by atoms with Crippen molar-refractivity contribution in [2.75, 3.05) is 19.0 Å². The summed E-state index contributed by atoms with van der Waals surface area (Å²) in [6, 6.07) is 8.70. The largest absolute Gasteiger partial charge is 0.411 e. The fourth-order valence-electron chi connectivity index (χ4n) is 4.43. The molecule has 0 amide bonds. The standard InChI is InChI=1S/C21H27NO2Si/c1-21(2,3)22-18-15(10-11-23)17-14-9-7-6-8-13(14)12-16(17)19-20(18)25(19,5)24-4/h6-9,22-23H,10-12H2,1-5H3. The maximum atomic E-state index is 9.77. The Labute approximate surface area is 151 Å². The van der Waals surface area contributed by atoms with Crippen LogP contribution in [-0.2, 0) is 17.3 Å². The van der Waals surface area contributed by atoms with Gasteiger partial charge in [0.1, 0.15) is 0 Å².